The van der Waals surface area contributed by atoms with Gasteiger partial charge >= 0.3 is 5.97 Å². The van der Waals surface area contributed by atoms with Gasteiger partial charge in [0, 0.05) is 6.54 Å². The number of hydrogen-bond donors (Lipinski definition) is 3. The molecule has 0 spiro atoms. The molecule has 0 aliphatic heterocycles. The number of amides is 1. The van der Waals surface area contributed by atoms with Crippen molar-refractivity contribution in [1.82, 2.24) is 10.0 Å². The van der Waals surface area contributed by atoms with Crippen molar-refractivity contribution in [3.05, 3.63) is 53.0 Å². The minimum atomic E-state index is -4.08. The van der Waals surface area contributed by atoms with Crippen molar-refractivity contribution in [2.75, 3.05) is 6.54 Å². The van der Waals surface area contributed by atoms with Gasteiger partial charge in [0.05, 0.1) is 16.7 Å². The maximum atomic E-state index is 12.7. The molecule has 9 heteroatoms. The van der Waals surface area contributed by atoms with E-state index in [1.165, 1.54) is 18.6 Å². The molecule has 0 unspecified atom stereocenters. The van der Waals surface area contributed by atoms with Crippen molar-refractivity contribution < 1.29 is 27.5 Å². The van der Waals surface area contributed by atoms with Crippen LogP contribution in [0, 0.1) is 20.8 Å². The Hall–Kier alpha value is -2.65. The van der Waals surface area contributed by atoms with Crippen molar-refractivity contribution >= 4 is 21.9 Å². The summed E-state index contributed by atoms with van der Waals surface area (Å²) in [6, 6.07) is 3.31. The van der Waals surface area contributed by atoms with Gasteiger partial charge in [-0.2, -0.15) is 4.72 Å². The fourth-order valence-electron chi connectivity index (χ4n) is 2.71. The zero-order chi connectivity index (χ0) is 19.5. The van der Waals surface area contributed by atoms with Crippen LogP contribution < -0.4 is 10.0 Å². The average Bonchev–Trinajstić information content (AvgIpc) is 3.03. The normalized spacial score (nSPS) is 12.6. The second-order valence-electron chi connectivity index (χ2n) is 5.96. The van der Waals surface area contributed by atoms with Crippen molar-refractivity contribution in [2.24, 2.45) is 0 Å². The van der Waals surface area contributed by atoms with Gasteiger partial charge in [-0.15, -0.1) is 0 Å². The lowest BCUT2D eigenvalue weighted by Crippen LogP contribution is -2.48. The SMILES string of the molecule is Cc1cc(C)c(S(=O)(=O)N[C@H](CNC(=O)c2ccoc2)C(=O)O)c(C)c1. The summed E-state index contributed by atoms with van der Waals surface area (Å²) in [6.07, 6.45) is 2.50. The maximum absolute atomic E-state index is 12.7. The summed E-state index contributed by atoms with van der Waals surface area (Å²) in [7, 11) is -4.08. The molecule has 0 radical (unpaired) electrons. The first-order chi connectivity index (χ1) is 12.1. The molecule has 2 rings (SSSR count). The highest BCUT2D eigenvalue weighted by Gasteiger charge is 2.28. The Bertz CT molecular complexity index is 896. The van der Waals surface area contributed by atoms with Crippen molar-refractivity contribution in [1.29, 1.82) is 0 Å². The summed E-state index contributed by atoms with van der Waals surface area (Å²) in [5.41, 5.74) is 2.14. The third-order valence-corrected chi connectivity index (χ3v) is 5.50. The molecule has 26 heavy (non-hydrogen) atoms. The van der Waals surface area contributed by atoms with E-state index in [2.05, 4.69) is 10.0 Å². The van der Waals surface area contributed by atoms with Crippen LogP contribution in [0.15, 0.2) is 40.0 Å². The predicted octanol–water partition coefficient (Wildman–Crippen LogP) is 1.37. The number of furan rings is 1. The van der Waals surface area contributed by atoms with Gasteiger partial charge in [-0.25, -0.2) is 8.42 Å². The van der Waals surface area contributed by atoms with Crippen LogP contribution in [0.3, 0.4) is 0 Å². The summed E-state index contributed by atoms with van der Waals surface area (Å²) in [4.78, 5) is 23.3. The van der Waals surface area contributed by atoms with E-state index in [0.717, 1.165) is 5.56 Å². The van der Waals surface area contributed by atoms with Crippen LogP contribution in [-0.4, -0.2) is 38.0 Å². The van der Waals surface area contributed by atoms with Crippen molar-refractivity contribution in [3.8, 4) is 0 Å². The number of aryl methyl sites for hydroxylation is 3. The fourth-order valence-corrected chi connectivity index (χ4v) is 4.35. The summed E-state index contributed by atoms with van der Waals surface area (Å²) in [6.45, 7) is 4.72. The monoisotopic (exact) mass is 380 g/mol. The van der Waals surface area contributed by atoms with E-state index in [4.69, 9.17) is 4.42 Å². The van der Waals surface area contributed by atoms with Crippen molar-refractivity contribution in [2.45, 2.75) is 31.7 Å². The van der Waals surface area contributed by atoms with Crippen LogP contribution in [-0.2, 0) is 14.8 Å². The lowest BCUT2D eigenvalue weighted by molar-refractivity contribution is -0.138. The first kappa shape index (κ1) is 19.7. The van der Waals surface area contributed by atoms with Crippen LogP contribution in [0.5, 0.6) is 0 Å². The minimum absolute atomic E-state index is 0.0375. The standard InChI is InChI=1S/C17H20N2O6S/c1-10-6-11(2)15(12(3)7-10)26(23,24)19-14(17(21)22)8-18-16(20)13-4-5-25-9-13/h4-7,9,14,19H,8H2,1-3H3,(H,18,20)(H,21,22)/t14-/m1/s1. The molecule has 2 aromatic rings. The highest BCUT2D eigenvalue weighted by molar-refractivity contribution is 7.89. The Balaban J connectivity index is 2.19. The van der Waals surface area contributed by atoms with Crippen LogP contribution in [0.2, 0.25) is 0 Å². The molecule has 0 aliphatic rings. The van der Waals surface area contributed by atoms with E-state index in [0.29, 0.717) is 11.1 Å². The Morgan fingerprint density at radius 2 is 1.81 bits per heavy atom. The number of nitrogens with one attached hydrogen (secondary N) is 2. The third-order valence-electron chi connectivity index (χ3n) is 3.72. The van der Waals surface area contributed by atoms with Crippen LogP contribution >= 0.6 is 0 Å². The molecule has 1 amide bonds. The number of aliphatic carboxylic acids is 1. The number of hydrogen-bond acceptors (Lipinski definition) is 5. The highest BCUT2D eigenvalue weighted by Crippen LogP contribution is 2.21. The average molecular weight is 380 g/mol. The summed E-state index contributed by atoms with van der Waals surface area (Å²) in [5, 5.41) is 11.7. The van der Waals surface area contributed by atoms with Gasteiger partial charge in [-0.05, 0) is 38.0 Å². The number of benzene rings is 1. The van der Waals surface area contributed by atoms with Gasteiger partial charge in [0.1, 0.15) is 12.3 Å². The molecule has 1 atom stereocenters. The molecular weight excluding hydrogens is 360 g/mol. The number of carboxylic acids is 1. The van der Waals surface area contributed by atoms with E-state index in [9.17, 15) is 23.1 Å². The van der Waals surface area contributed by atoms with Crippen LogP contribution in [0.1, 0.15) is 27.0 Å². The summed E-state index contributed by atoms with van der Waals surface area (Å²) < 4.78 is 32.3. The molecule has 1 aromatic carbocycles. The van der Waals surface area contributed by atoms with Gasteiger partial charge in [0.2, 0.25) is 10.0 Å². The Morgan fingerprint density at radius 3 is 2.31 bits per heavy atom. The van der Waals surface area contributed by atoms with Crippen LogP contribution in [0.25, 0.3) is 0 Å². The molecule has 0 saturated carbocycles. The largest absolute Gasteiger partial charge is 0.480 e. The molecule has 8 nitrogen and oxygen atoms in total. The smallest absolute Gasteiger partial charge is 0.323 e. The quantitative estimate of drug-likeness (QED) is 0.666. The van der Waals surface area contributed by atoms with Gasteiger partial charge in [0.15, 0.2) is 0 Å². The van der Waals surface area contributed by atoms with E-state index < -0.39 is 34.5 Å². The molecule has 140 valence electrons. The topological polar surface area (TPSA) is 126 Å². The number of carboxylic acid groups (broad SMARTS) is 1. The predicted molar refractivity (Wildman–Crippen MR) is 93.4 cm³/mol. The molecule has 0 aliphatic carbocycles. The van der Waals surface area contributed by atoms with Crippen LogP contribution in [0.4, 0.5) is 0 Å². The second kappa shape index (κ2) is 7.71. The highest BCUT2D eigenvalue weighted by atomic mass is 32.2. The van der Waals surface area contributed by atoms with E-state index in [-0.39, 0.29) is 10.5 Å². The Kier molecular flexibility index (Phi) is 5.83. The summed E-state index contributed by atoms with van der Waals surface area (Å²) >= 11 is 0. The first-order valence-electron chi connectivity index (χ1n) is 7.75. The molecule has 0 fully saturated rings. The fraction of sp³-hybridized carbons (Fsp3) is 0.294. The Labute approximate surface area is 151 Å². The number of sulfonamides is 1. The molecule has 0 bridgehead atoms. The summed E-state index contributed by atoms with van der Waals surface area (Å²) in [5.74, 6) is -1.96. The molecular formula is C17H20N2O6S. The van der Waals surface area contributed by atoms with E-state index in [1.807, 2.05) is 6.92 Å². The maximum Gasteiger partial charge on any atom is 0.323 e. The van der Waals surface area contributed by atoms with E-state index in [1.54, 1.807) is 26.0 Å². The minimum Gasteiger partial charge on any atom is -0.480 e. The van der Waals surface area contributed by atoms with E-state index >= 15 is 0 Å². The Morgan fingerprint density at radius 1 is 1.19 bits per heavy atom. The lowest BCUT2D eigenvalue weighted by Gasteiger charge is -2.18. The van der Waals surface area contributed by atoms with Gasteiger partial charge < -0.3 is 14.8 Å². The third kappa shape index (κ3) is 4.50. The molecule has 0 saturated heterocycles. The lowest BCUT2D eigenvalue weighted by atomic mass is 10.1. The second-order valence-corrected chi connectivity index (χ2v) is 7.61. The van der Waals surface area contributed by atoms with Gasteiger partial charge in [-0.3, -0.25) is 9.59 Å². The van der Waals surface area contributed by atoms with Gasteiger partial charge in [0.25, 0.3) is 5.91 Å². The molecule has 1 heterocycles. The van der Waals surface area contributed by atoms with Gasteiger partial charge in [-0.1, -0.05) is 17.7 Å². The first-order valence-corrected chi connectivity index (χ1v) is 9.23. The number of carbonyl (C=O) groups excluding carboxylic acids is 1. The molecule has 1 aromatic heterocycles. The number of carbonyl (C=O) groups is 2. The molecule has 3 N–H and O–H groups in total. The zero-order valence-corrected chi connectivity index (χ0v) is 15.4. The van der Waals surface area contributed by atoms with Crippen molar-refractivity contribution in [3.63, 3.8) is 0 Å². The number of rotatable bonds is 7. The zero-order valence-electron chi connectivity index (χ0n) is 14.6.